The van der Waals surface area contributed by atoms with Gasteiger partial charge < -0.3 is 18.9 Å². The van der Waals surface area contributed by atoms with Gasteiger partial charge in [-0.25, -0.2) is 0 Å². The molecule has 2 aromatic carbocycles. The van der Waals surface area contributed by atoms with E-state index in [0.717, 1.165) is 29.0 Å². The van der Waals surface area contributed by atoms with Crippen molar-refractivity contribution in [2.75, 3.05) is 13.7 Å². The fourth-order valence-electron chi connectivity index (χ4n) is 3.29. The Balaban J connectivity index is 1.77. The number of benzene rings is 2. The molecule has 0 saturated carbocycles. The topological polar surface area (TPSA) is 64.8 Å². The van der Waals surface area contributed by atoms with Crippen LogP contribution in [0.2, 0.25) is 0 Å². The predicted octanol–water partition coefficient (Wildman–Crippen LogP) is 4.93. The summed E-state index contributed by atoms with van der Waals surface area (Å²) in [7, 11) is 1.57. The lowest BCUT2D eigenvalue weighted by Gasteiger charge is -2.23. The molecule has 0 saturated heterocycles. The molecule has 0 spiro atoms. The molecule has 0 unspecified atom stereocenters. The molecule has 0 bridgehead atoms. The largest absolute Gasteiger partial charge is 0.493 e. The van der Waals surface area contributed by atoms with E-state index in [2.05, 4.69) is 12.1 Å². The Labute approximate surface area is 177 Å². The first-order chi connectivity index (χ1) is 14.5. The molecule has 158 valence electrons. The number of carbonyl (C=O) groups is 1. The van der Waals surface area contributed by atoms with Crippen molar-refractivity contribution in [3.8, 4) is 11.5 Å². The molecule has 1 amide bonds. The number of methoxy groups -OCH3 is 1. The quantitative estimate of drug-likeness (QED) is 0.502. The summed E-state index contributed by atoms with van der Waals surface area (Å²) in [6, 6.07) is 15.3. The van der Waals surface area contributed by atoms with Crippen LogP contribution >= 0.6 is 0 Å². The summed E-state index contributed by atoms with van der Waals surface area (Å²) in [5, 5.41) is 3.94. The summed E-state index contributed by atoms with van der Waals surface area (Å²) in [4.78, 5) is 15.0. The second-order valence-electron chi connectivity index (χ2n) is 7.17. The van der Waals surface area contributed by atoms with E-state index >= 15 is 0 Å². The Hall–Kier alpha value is -3.28. The number of aryl methyl sites for hydroxylation is 2. The van der Waals surface area contributed by atoms with Gasteiger partial charge in [0.05, 0.1) is 18.4 Å². The lowest BCUT2D eigenvalue weighted by Crippen LogP contribution is -2.31. The van der Waals surface area contributed by atoms with Crippen molar-refractivity contribution in [2.45, 2.75) is 40.3 Å². The van der Waals surface area contributed by atoms with Crippen LogP contribution < -0.4 is 9.47 Å². The molecule has 0 aliphatic heterocycles. The second kappa shape index (κ2) is 9.96. The van der Waals surface area contributed by atoms with Crippen molar-refractivity contribution in [1.29, 1.82) is 0 Å². The van der Waals surface area contributed by atoms with Gasteiger partial charge in [-0.1, -0.05) is 42.4 Å². The number of carbonyl (C=O) groups excluding carboxylic acids is 1. The molecule has 0 fully saturated rings. The summed E-state index contributed by atoms with van der Waals surface area (Å²) >= 11 is 0. The molecule has 0 aliphatic rings. The maximum Gasteiger partial charge on any atom is 0.254 e. The Bertz CT molecular complexity index is 963. The van der Waals surface area contributed by atoms with Crippen LogP contribution in [0.25, 0.3) is 0 Å². The highest BCUT2D eigenvalue weighted by atomic mass is 16.5. The first-order valence-corrected chi connectivity index (χ1v) is 10.1. The van der Waals surface area contributed by atoms with Crippen LogP contribution in [-0.2, 0) is 13.2 Å². The average Bonchev–Trinajstić information content (AvgIpc) is 3.09. The molecule has 0 aliphatic carbocycles. The van der Waals surface area contributed by atoms with Gasteiger partial charge in [0, 0.05) is 18.7 Å². The van der Waals surface area contributed by atoms with Crippen LogP contribution in [0, 0.1) is 13.8 Å². The minimum atomic E-state index is -0.0312. The van der Waals surface area contributed by atoms with Crippen LogP contribution in [0.5, 0.6) is 11.5 Å². The molecule has 1 aromatic heterocycles. The maximum atomic E-state index is 13.2. The Morgan fingerprint density at radius 3 is 2.50 bits per heavy atom. The van der Waals surface area contributed by atoms with Gasteiger partial charge >= 0.3 is 0 Å². The number of ether oxygens (including phenoxy) is 2. The first-order valence-electron chi connectivity index (χ1n) is 10.1. The molecule has 0 N–H and O–H groups in total. The summed E-state index contributed by atoms with van der Waals surface area (Å²) < 4.78 is 16.6. The predicted molar refractivity (Wildman–Crippen MR) is 115 cm³/mol. The Morgan fingerprint density at radius 1 is 1.10 bits per heavy atom. The standard InChI is InChI=1S/C24H28N2O4/c1-5-13-26(15-19-9-7-6-8-10-19)24(27)20-11-12-22(23(14-20)28-4)29-16-21-17(2)25-30-18(21)3/h6-12,14H,5,13,15-16H2,1-4H3. The SMILES string of the molecule is CCCN(Cc1ccccc1)C(=O)c1ccc(OCc2c(C)noc2C)c(OC)c1. The van der Waals surface area contributed by atoms with Crippen LogP contribution in [0.4, 0.5) is 0 Å². The smallest absolute Gasteiger partial charge is 0.254 e. The van der Waals surface area contributed by atoms with Gasteiger partial charge in [0.1, 0.15) is 12.4 Å². The normalized spacial score (nSPS) is 10.7. The van der Waals surface area contributed by atoms with Crippen molar-refractivity contribution >= 4 is 5.91 Å². The van der Waals surface area contributed by atoms with Crippen molar-refractivity contribution in [3.05, 3.63) is 76.7 Å². The van der Waals surface area contributed by atoms with Crippen molar-refractivity contribution in [1.82, 2.24) is 10.1 Å². The van der Waals surface area contributed by atoms with Crippen LogP contribution in [0.1, 0.15) is 46.3 Å². The molecule has 1 heterocycles. The van der Waals surface area contributed by atoms with E-state index in [9.17, 15) is 4.79 Å². The molecule has 30 heavy (non-hydrogen) atoms. The number of hydrogen-bond acceptors (Lipinski definition) is 5. The third-order valence-electron chi connectivity index (χ3n) is 4.96. The molecule has 3 rings (SSSR count). The summed E-state index contributed by atoms with van der Waals surface area (Å²) in [6.45, 7) is 7.37. The van der Waals surface area contributed by atoms with Gasteiger partial charge in [0.15, 0.2) is 11.5 Å². The minimum absolute atomic E-state index is 0.0312. The first kappa shape index (κ1) is 21.4. The highest BCUT2D eigenvalue weighted by Crippen LogP contribution is 2.30. The Kier molecular flexibility index (Phi) is 7.12. The highest BCUT2D eigenvalue weighted by Gasteiger charge is 2.18. The molecular weight excluding hydrogens is 380 g/mol. The number of aromatic nitrogens is 1. The van der Waals surface area contributed by atoms with Crippen LogP contribution in [0.3, 0.4) is 0 Å². The zero-order valence-electron chi connectivity index (χ0n) is 18.0. The van der Waals surface area contributed by atoms with E-state index < -0.39 is 0 Å². The molecule has 0 atom stereocenters. The fraction of sp³-hybridized carbons (Fsp3) is 0.333. The highest BCUT2D eigenvalue weighted by molar-refractivity contribution is 5.95. The molecule has 0 radical (unpaired) electrons. The summed E-state index contributed by atoms with van der Waals surface area (Å²) in [5.41, 5.74) is 3.38. The van der Waals surface area contributed by atoms with Crippen molar-refractivity contribution < 1.29 is 18.8 Å². The van der Waals surface area contributed by atoms with Gasteiger partial charge in [-0.05, 0) is 44.0 Å². The maximum absolute atomic E-state index is 13.2. The minimum Gasteiger partial charge on any atom is -0.493 e. The average molecular weight is 408 g/mol. The number of amides is 1. The number of hydrogen-bond donors (Lipinski definition) is 0. The van der Waals surface area contributed by atoms with Crippen LogP contribution in [-0.4, -0.2) is 29.6 Å². The van der Waals surface area contributed by atoms with Crippen molar-refractivity contribution in [3.63, 3.8) is 0 Å². The molecular formula is C24H28N2O4. The third kappa shape index (κ3) is 5.00. The zero-order chi connectivity index (χ0) is 21.5. The van der Waals surface area contributed by atoms with E-state index in [-0.39, 0.29) is 5.91 Å². The molecule has 6 nitrogen and oxygen atoms in total. The third-order valence-corrected chi connectivity index (χ3v) is 4.96. The van der Waals surface area contributed by atoms with E-state index in [0.29, 0.717) is 36.8 Å². The second-order valence-corrected chi connectivity index (χ2v) is 7.17. The van der Waals surface area contributed by atoms with E-state index in [4.69, 9.17) is 14.0 Å². The zero-order valence-corrected chi connectivity index (χ0v) is 18.0. The molecule has 3 aromatic rings. The van der Waals surface area contributed by atoms with E-state index in [1.807, 2.05) is 49.1 Å². The van der Waals surface area contributed by atoms with Gasteiger partial charge in [0.2, 0.25) is 0 Å². The summed E-state index contributed by atoms with van der Waals surface area (Å²) in [5.74, 6) is 1.79. The lowest BCUT2D eigenvalue weighted by atomic mass is 10.1. The van der Waals surface area contributed by atoms with Crippen LogP contribution in [0.15, 0.2) is 53.1 Å². The van der Waals surface area contributed by atoms with Gasteiger partial charge in [-0.2, -0.15) is 0 Å². The summed E-state index contributed by atoms with van der Waals surface area (Å²) in [6.07, 6.45) is 0.883. The number of rotatable bonds is 9. The fourth-order valence-corrected chi connectivity index (χ4v) is 3.29. The van der Waals surface area contributed by atoms with E-state index in [1.54, 1.807) is 25.3 Å². The number of nitrogens with zero attached hydrogens (tertiary/aromatic N) is 2. The molecule has 6 heteroatoms. The van der Waals surface area contributed by atoms with E-state index in [1.165, 1.54) is 0 Å². The lowest BCUT2D eigenvalue weighted by molar-refractivity contribution is 0.0742. The van der Waals surface area contributed by atoms with Gasteiger partial charge in [0.25, 0.3) is 5.91 Å². The van der Waals surface area contributed by atoms with Crippen molar-refractivity contribution in [2.24, 2.45) is 0 Å². The monoisotopic (exact) mass is 408 g/mol. The van der Waals surface area contributed by atoms with Gasteiger partial charge in [-0.3, -0.25) is 4.79 Å². The Morgan fingerprint density at radius 2 is 1.87 bits per heavy atom. The van der Waals surface area contributed by atoms with Gasteiger partial charge in [-0.15, -0.1) is 0 Å².